The van der Waals surface area contributed by atoms with Crippen molar-refractivity contribution in [3.05, 3.63) is 89.5 Å². The maximum Gasteiger partial charge on any atom is 0.295 e. The van der Waals surface area contributed by atoms with Crippen LogP contribution < -0.4 is 14.2 Å². The number of para-hydroxylation sites is 1. The van der Waals surface area contributed by atoms with E-state index in [1.165, 1.54) is 0 Å². The summed E-state index contributed by atoms with van der Waals surface area (Å²) in [4.78, 5) is 30.7. The van der Waals surface area contributed by atoms with Crippen molar-refractivity contribution in [1.29, 1.82) is 0 Å². The first kappa shape index (κ1) is 27.3. The highest BCUT2D eigenvalue weighted by molar-refractivity contribution is 6.46. The summed E-state index contributed by atoms with van der Waals surface area (Å²) in [5.41, 5.74) is 1.10. The zero-order chi connectivity index (χ0) is 28.1. The van der Waals surface area contributed by atoms with Gasteiger partial charge in [-0.1, -0.05) is 44.2 Å². The van der Waals surface area contributed by atoms with Crippen molar-refractivity contribution in [3.8, 4) is 23.0 Å². The lowest BCUT2D eigenvalue weighted by atomic mass is 9.95. The molecular weight excluding hydrogens is 508 g/mol. The third kappa shape index (κ3) is 5.67. The average molecular weight is 543 g/mol. The monoisotopic (exact) mass is 542 g/mol. The molecule has 0 unspecified atom stereocenters. The lowest BCUT2D eigenvalue weighted by molar-refractivity contribution is -0.140. The number of benzene rings is 3. The molecule has 0 bridgehead atoms. The number of Topliss-reactive ketones (excluding diaryl/α,β-unsaturated/α-hetero) is 1. The van der Waals surface area contributed by atoms with Gasteiger partial charge >= 0.3 is 0 Å². The molecule has 3 aromatic rings. The van der Waals surface area contributed by atoms with Gasteiger partial charge in [-0.25, -0.2) is 0 Å². The molecule has 1 amide bonds. The molecule has 2 heterocycles. The highest BCUT2D eigenvalue weighted by Gasteiger charge is 2.46. The van der Waals surface area contributed by atoms with Crippen LogP contribution in [0, 0.1) is 0 Å². The predicted molar refractivity (Wildman–Crippen MR) is 152 cm³/mol. The summed E-state index contributed by atoms with van der Waals surface area (Å²) >= 11 is 0. The Morgan fingerprint density at radius 3 is 2.40 bits per heavy atom. The number of carbonyl (C=O) groups excluding carboxylic acids is 2. The molecule has 0 aliphatic carbocycles. The van der Waals surface area contributed by atoms with Crippen LogP contribution in [0.3, 0.4) is 0 Å². The molecule has 0 aromatic heterocycles. The molecule has 2 aliphatic heterocycles. The minimum absolute atomic E-state index is 0.0429. The standard InChI is InChI=1S/C32H34N2O6/c1-3-33(4-2)16-9-17-34-29(22-10-8-13-25(20-22)40-24-11-6-5-7-12-24)28(31(36)32(34)37)30(35)23-14-15-26-27(21-23)39-19-18-38-26/h5-8,10-15,20-21,29,35H,3-4,9,16-19H2,1-2H3/t29-/m0/s1. The zero-order valence-electron chi connectivity index (χ0n) is 22.8. The summed E-state index contributed by atoms with van der Waals surface area (Å²) in [6.45, 7) is 8.00. The van der Waals surface area contributed by atoms with Crippen molar-refractivity contribution < 1.29 is 28.9 Å². The maximum absolute atomic E-state index is 13.5. The van der Waals surface area contributed by atoms with E-state index < -0.39 is 17.7 Å². The van der Waals surface area contributed by atoms with Gasteiger partial charge in [0.25, 0.3) is 11.7 Å². The number of ketones is 1. The van der Waals surface area contributed by atoms with Crippen LogP contribution in [-0.2, 0) is 9.59 Å². The molecule has 40 heavy (non-hydrogen) atoms. The molecule has 5 rings (SSSR count). The van der Waals surface area contributed by atoms with Gasteiger partial charge in [-0.05, 0) is 74.1 Å². The summed E-state index contributed by atoms with van der Waals surface area (Å²) < 4.78 is 17.3. The maximum atomic E-state index is 13.5. The molecule has 0 saturated carbocycles. The number of hydrogen-bond donors (Lipinski definition) is 1. The van der Waals surface area contributed by atoms with Gasteiger partial charge in [0, 0.05) is 12.1 Å². The lowest BCUT2D eigenvalue weighted by Gasteiger charge is -2.27. The topological polar surface area (TPSA) is 88.5 Å². The third-order valence-corrected chi connectivity index (χ3v) is 7.28. The Morgan fingerprint density at radius 2 is 1.65 bits per heavy atom. The molecule has 1 saturated heterocycles. The zero-order valence-corrected chi connectivity index (χ0v) is 22.8. The van der Waals surface area contributed by atoms with Gasteiger partial charge in [0.05, 0.1) is 11.6 Å². The minimum Gasteiger partial charge on any atom is -0.507 e. The second-order valence-corrected chi connectivity index (χ2v) is 9.72. The molecule has 0 spiro atoms. The Labute approximate surface area is 234 Å². The van der Waals surface area contributed by atoms with Crippen LogP contribution >= 0.6 is 0 Å². The van der Waals surface area contributed by atoms with Gasteiger partial charge in [-0.2, -0.15) is 0 Å². The van der Waals surface area contributed by atoms with E-state index in [2.05, 4.69) is 18.7 Å². The number of ether oxygens (including phenoxy) is 3. The first-order valence-electron chi connectivity index (χ1n) is 13.7. The first-order valence-corrected chi connectivity index (χ1v) is 13.7. The van der Waals surface area contributed by atoms with Gasteiger partial charge in [-0.15, -0.1) is 0 Å². The van der Waals surface area contributed by atoms with Crippen molar-refractivity contribution in [1.82, 2.24) is 9.80 Å². The van der Waals surface area contributed by atoms with E-state index in [1.807, 2.05) is 54.6 Å². The summed E-state index contributed by atoms with van der Waals surface area (Å²) in [5.74, 6) is 0.704. The Bertz CT molecular complexity index is 1400. The average Bonchev–Trinajstić information content (AvgIpc) is 3.24. The van der Waals surface area contributed by atoms with Crippen LogP contribution in [0.4, 0.5) is 0 Å². The largest absolute Gasteiger partial charge is 0.507 e. The Balaban J connectivity index is 1.54. The summed E-state index contributed by atoms with van der Waals surface area (Å²) in [6.07, 6.45) is 0.690. The smallest absolute Gasteiger partial charge is 0.295 e. The molecule has 208 valence electrons. The number of likely N-dealkylation sites (tertiary alicyclic amines) is 1. The SMILES string of the molecule is CCN(CC)CCCN1C(=O)C(=O)C(=C(O)c2ccc3c(c2)OCCO3)[C@@H]1c1cccc(Oc2ccccc2)c1. The summed E-state index contributed by atoms with van der Waals surface area (Å²) in [5, 5.41) is 11.5. The van der Waals surface area contributed by atoms with E-state index in [9.17, 15) is 14.7 Å². The number of fused-ring (bicyclic) bond motifs is 1. The predicted octanol–water partition coefficient (Wildman–Crippen LogP) is 5.40. The Kier molecular flexibility index (Phi) is 8.36. The second-order valence-electron chi connectivity index (χ2n) is 9.72. The number of carbonyl (C=O) groups is 2. The van der Waals surface area contributed by atoms with E-state index >= 15 is 0 Å². The van der Waals surface area contributed by atoms with Crippen LogP contribution in [0.1, 0.15) is 37.4 Å². The molecule has 8 nitrogen and oxygen atoms in total. The number of aliphatic hydroxyl groups excluding tert-OH is 1. The molecule has 8 heteroatoms. The van der Waals surface area contributed by atoms with Gasteiger partial charge in [0.1, 0.15) is 30.5 Å². The van der Waals surface area contributed by atoms with Crippen molar-refractivity contribution in [3.63, 3.8) is 0 Å². The highest BCUT2D eigenvalue weighted by atomic mass is 16.6. The van der Waals surface area contributed by atoms with Crippen molar-refractivity contribution in [2.45, 2.75) is 26.3 Å². The van der Waals surface area contributed by atoms with Crippen molar-refractivity contribution in [2.75, 3.05) is 39.4 Å². The van der Waals surface area contributed by atoms with Crippen molar-refractivity contribution >= 4 is 17.4 Å². The molecule has 0 radical (unpaired) electrons. The quantitative estimate of drug-likeness (QED) is 0.208. The van der Waals surface area contributed by atoms with Crippen LogP contribution in [0.25, 0.3) is 5.76 Å². The lowest BCUT2D eigenvalue weighted by Crippen LogP contribution is -2.33. The summed E-state index contributed by atoms with van der Waals surface area (Å²) in [6, 6.07) is 20.9. The van der Waals surface area contributed by atoms with E-state index in [0.29, 0.717) is 60.3 Å². The number of hydrogen-bond acceptors (Lipinski definition) is 7. The van der Waals surface area contributed by atoms with Gasteiger partial charge < -0.3 is 29.1 Å². The van der Waals surface area contributed by atoms with E-state index in [4.69, 9.17) is 14.2 Å². The molecule has 1 atom stereocenters. The molecule has 1 fully saturated rings. The highest BCUT2D eigenvalue weighted by Crippen LogP contribution is 2.42. The van der Waals surface area contributed by atoms with E-state index in [-0.39, 0.29) is 11.3 Å². The second kappa shape index (κ2) is 12.3. The Hall–Kier alpha value is -4.30. The number of nitrogens with zero attached hydrogens (tertiary/aromatic N) is 2. The Morgan fingerprint density at radius 1 is 0.925 bits per heavy atom. The van der Waals surface area contributed by atoms with Crippen molar-refractivity contribution in [2.24, 2.45) is 0 Å². The van der Waals surface area contributed by atoms with Crippen LogP contribution in [0.5, 0.6) is 23.0 Å². The van der Waals surface area contributed by atoms with Gasteiger partial charge in [-0.3, -0.25) is 9.59 Å². The fourth-order valence-electron chi connectivity index (χ4n) is 5.18. The number of amides is 1. The van der Waals surface area contributed by atoms with Gasteiger partial charge in [0.2, 0.25) is 0 Å². The van der Waals surface area contributed by atoms with E-state index in [0.717, 1.165) is 19.6 Å². The minimum atomic E-state index is -0.774. The van der Waals surface area contributed by atoms with Crippen LogP contribution in [-0.4, -0.2) is 66.0 Å². The summed E-state index contributed by atoms with van der Waals surface area (Å²) in [7, 11) is 0. The fraction of sp³-hybridized carbons (Fsp3) is 0.312. The fourth-order valence-corrected chi connectivity index (χ4v) is 5.18. The molecular formula is C32H34N2O6. The van der Waals surface area contributed by atoms with Gasteiger partial charge in [0.15, 0.2) is 11.5 Å². The first-order chi connectivity index (χ1) is 19.5. The third-order valence-electron chi connectivity index (χ3n) is 7.28. The molecule has 1 N–H and O–H groups in total. The number of rotatable bonds is 10. The molecule has 2 aliphatic rings. The normalized spacial score (nSPS) is 17.9. The van der Waals surface area contributed by atoms with E-state index in [1.54, 1.807) is 23.1 Å². The van der Waals surface area contributed by atoms with Crippen LogP contribution in [0.2, 0.25) is 0 Å². The van der Waals surface area contributed by atoms with Crippen LogP contribution in [0.15, 0.2) is 78.4 Å². The molecule has 3 aromatic carbocycles. The number of aliphatic hydroxyl groups is 1.